The van der Waals surface area contributed by atoms with Gasteiger partial charge in [0, 0.05) is 38.3 Å². The lowest BCUT2D eigenvalue weighted by Gasteiger charge is -2.40. The quantitative estimate of drug-likeness (QED) is 0.865. The van der Waals surface area contributed by atoms with Gasteiger partial charge in [0.15, 0.2) is 0 Å². The van der Waals surface area contributed by atoms with Gasteiger partial charge in [-0.1, -0.05) is 30.3 Å². The van der Waals surface area contributed by atoms with Crippen molar-refractivity contribution in [3.63, 3.8) is 0 Å². The van der Waals surface area contributed by atoms with E-state index in [9.17, 15) is 0 Å². The maximum Gasteiger partial charge on any atom is 0.0262 e. The molecule has 1 saturated heterocycles. The standard InChI is InChI=1S/C16H27N3/c1-14-13-19(10-9-18(2)3)16(12-17-14)11-15-7-5-4-6-8-15/h4-8,14,16-17H,9-13H2,1-3H3. The maximum atomic E-state index is 3.61. The van der Waals surface area contributed by atoms with Crippen LogP contribution in [0.5, 0.6) is 0 Å². The average molecular weight is 261 g/mol. The van der Waals surface area contributed by atoms with Crippen molar-refractivity contribution >= 4 is 0 Å². The van der Waals surface area contributed by atoms with Crippen molar-refractivity contribution in [3.05, 3.63) is 35.9 Å². The zero-order chi connectivity index (χ0) is 13.7. The van der Waals surface area contributed by atoms with Crippen LogP contribution in [-0.2, 0) is 6.42 Å². The van der Waals surface area contributed by atoms with E-state index in [1.165, 1.54) is 5.56 Å². The SMILES string of the molecule is CC1CN(CCN(C)C)C(Cc2ccccc2)CN1. The largest absolute Gasteiger partial charge is 0.311 e. The summed E-state index contributed by atoms with van der Waals surface area (Å²) in [4.78, 5) is 4.92. The number of benzene rings is 1. The Bertz CT molecular complexity index is 364. The van der Waals surface area contributed by atoms with Gasteiger partial charge >= 0.3 is 0 Å². The van der Waals surface area contributed by atoms with Gasteiger partial charge in [-0.3, -0.25) is 4.90 Å². The molecule has 106 valence electrons. The summed E-state index contributed by atoms with van der Waals surface area (Å²) < 4.78 is 0. The molecule has 1 N–H and O–H groups in total. The third kappa shape index (κ3) is 4.60. The van der Waals surface area contributed by atoms with E-state index in [2.05, 4.69) is 66.5 Å². The summed E-state index contributed by atoms with van der Waals surface area (Å²) in [5, 5.41) is 3.61. The third-order valence-corrected chi connectivity index (χ3v) is 3.88. The number of nitrogens with one attached hydrogen (secondary N) is 1. The van der Waals surface area contributed by atoms with Crippen molar-refractivity contribution in [3.8, 4) is 0 Å². The number of likely N-dealkylation sites (N-methyl/N-ethyl adjacent to an activating group) is 1. The second kappa shape index (κ2) is 7.04. The molecule has 0 spiro atoms. The molecular weight excluding hydrogens is 234 g/mol. The number of hydrogen-bond donors (Lipinski definition) is 1. The Balaban J connectivity index is 1.95. The van der Waals surface area contributed by atoms with Gasteiger partial charge in [0.25, 0.3) is 0 Å². The van der Waals surface area contributed by atoms with Gasteiger partial charge < -0.3 is 10.2 Å². The van der Waals surface area contributed by atoms with Gasteiger partial charge in [-0.05, 0) is 33.0 Å². The molecule has 0 saturated carbocycles. The molecule has 19 heavy (non-hydrogen) atoms. The minimum Gasteiger partial charge on any atom is -0.311 e. The molecule has 1 aliphatic rings. The van der Waals surface area contributed by atoms with Crippen LogP contribution >= 0.6 is 0 Å². The van der Waals surface area contributed by atoms with Crippen molar-refractivity contribution in [2.24, 2.45) is 0 Å². The second-order valence-electron chi connectivity index (χ2n) is 5.95. The molecular formula is C16H27N3. The van der Waals surface area contributed by atoms with Crippen LogP contribution in [0.1, 0.15) is 12.5 Å². The van der Waals surface area contributed by atoms with E-state index in [1.807, 2.05) is 0 Å². The fourth-order valence-corrected chi connectivity index (χ4v) is 2.72. The zero-order valence-corrected chi connectivity index (χ0v) is 12.5. The van der Waals surface area contributed by atoms with Crippen LogP contribution < -0.4 is 5.32 Å². The molecule has 0 bridgehead atoms. The van der Waals surface area contributed by atoms with E-state index in [-0.39, 0.29) is 0 Å². The van der Waals surface area contributed by atoms with Crippen molar-refractivity contribution in [2.75, 3.05) is 40.3 Å². The number of nitrogens with zero attached hydrogens (tertiary/aromatic N) is 2. The summed E-state index contributed by atoms with van der Waals surface area (Å²) in [5.74, 6) is 0. The first-order valence-corrected chi connectivity index (χ1v) is 7.31. The zero-order valence-electron chi connectivity index (χ0n) is 12.5. The van der Waals surface area contributed by atoms with Gasteiger partial charge in [0.05, 0.1) is 0 Å². The van der Waals surface area contributed by atoms with Crippen molar-refractivity contribution < 1.29 is 0 Å². The van der Waals surface area contributed by atoms with Gasteiger partial charge in [0.1, 0.15) is 0 Å². The maximum absolute atomic E-state index is 3.61. The second-order valence-corrected chi connectivity index (χ2v) is 5.95. The summed E-state index contributed by atoms with van der Waals surface area (Å²) in [7, 11) is 4.30. The molecule has 0 amide bonds. The third-order valence-electron chi connectivity index (χ3n) is 3.88. The monoisotopic (exact) mass is 261 g/mol. The smallest absolute Gasteiger partial charge is 0.0262 e. The molecule has 1 aromatic carbocycles. The summed E-state index contributed by atoms with van der Waals surface area (Å²) in [6.45, 7) is 6.84. The van der Waals surface area contributed by atoms with Gasteiger partial charge in [-0.15, -0.1) is 0 Å². The van der Waals surface area contributed by atoms with E-state index >= 15 is 0 Å². The molecule has 1 heterocycles. The summed E-state index contributed by atoms with van der Waals surface area (Å²) >= 11 is 0. The van der Waals surface area contributed by atoms with E-state index in [4.69, 9.17) is 0 Å². The molecule has 3 heteroatoms. The predicted molar refractivity (Wildman–Crippen MR) is 81.5 cm³/mol. The van der Waals surface area contributed by atoms with Crippen molar-refractivity contribution in [1.82, 2.24) is 15.1 Å². The Hall–Kier alpha value is -0.900. The van der Waals surface area contributed by atoms with E-state index in [1.54, 1.807) is 0 Å². The minimum atomic E-state index is 0.606. The van der Waals surface area contributed by atoms with E-state index in [0.717, 1.165) is 32.6 Å². The number of rotatable bonds is 5. The first-order valence-electron chi connectivity index (χ1n) is 7.31. The van der Waals surface area contributed by atoms with Crippen LogP contribution in [0.25, 0.3) is 0 Å². The fourth-order valence-electron chi connectivity index (χ4n) is 2.72. The molecule has 1 fully saturated rings. The molecule has 2 unspecified atom stereocenters. The van der Waals surface area contributed by atoms with Gasteiger partial charge in [-0.25, -0.2) is 0 Å². The molecule has 3 nitrogen and oxygen atoms in total. The van der Waals surface area contributed by atoms with Crippen molar-refractivity contribution in [2.45, 2.75) is 25.4 Å². The Morgan fingerprint density at radius 1 is 1.26 bits per heavy atom. The highest BCUT2D eigenvalue weighted by atomic mass is 15.2. The van der Waals surface area contributed by atoms with E-state index < -0.39 is 0 Å². The lowest BCUT2D eigenvalue weighted by Crippen LogP contribution is -2.57. The predicted octanol–water partition coefficient (Wildman–Crippen LogP) is 1.45. The van der Waals surface area contributed by atoms with Crippen LogP contribution in [0.15, 0.2) is 30.3 Å². The fraction of sp³-hybridized carbons (Fsp3) is 0.625. The molecule has 1 aliphatic heterocycles. The van der Waals surface area contributed by atoms with Crippen LogP contribution in [0, 0.1) is 0 Å². The molecule has 0 aromatic heterocycles. The highest BCUT2D eigenvalue weighted by Gasteiger charge is 2.25. The molecule has 0 aliphatic carbocycles. The Morgan fingerprint density at radius 3 is 2.68 bits per heavy atom. The topological polar surface area (TPSA) is 18.5 Å². The average Bonchev–Trinajstić information content (AvgIpc) is 2.40. The molecule has 1 aromatic rings. The first-order chi connectivity index (χ1) is 9.15. The van der Waals surface area contributed by atoms with Gasteiger partial charge in [-0.2, -0.15) is 0 Å². The summed E-state index contributed by atoms with van der Waals surface area (Å²) in [6.07, 6.45) is 1.15. The highest BCUT2D eigenvalue weighted by Crippen LogP contribution is 2.13. The van der Waals surface area contributed by atoms with Crippen LogP contribution in [0.4, 0.5) is 0 Å². The Labute approximate surface area is 117 Å². The lowest BCUT2D eigenvalue weighted by molar-refractivity contribution is 0.124. The number of piperazine rings is 1. The Kier molecular flexibility index (Phi) is 5.37. The van der Waals surface area contributed by atoms with Crippen LogP contribution in [0.3, 0.4) is 0 Å². The van der Waals surface area contributed by atoms with E-state index in [0.29, 0.717) is 12.1 Å². The normalized spacial score (nSPS) is 24.8. The highest BCUT2D eigenvalue weighted by molar-refractivity contribution is 5.16. The van der Waals surface area contributed by atoms with Crippen LogP contribution in [0.2, 0.25) is 0 Å². The van der Waals surface area contributed by atoms with Gasteiger partial charge in [0.2, 0.25) is 0 Å². The molecule has 2 rings (SSSR count). The summed E-state index contributed by atoms with van der Waals surface area (Å²) in [6, 6.07) is 12.1. The minimum absolute atomic E-state index is 0.606. The first kappa shape index (κ1) is 14.5. The lowest BCUT2D eigenvalue weighted by atomic mass is 10.0. The summed E-state index contributed by atoms with van der Waals surface area (Å²) in [5.41, 5.74) is 1.44. The number of hydrogen-bond acceptors (Lipinski definition) is 3. The van der Waals surface area contributed by atoms with Crippen LogP contribution in [-0.4, -0.2) is 62.2 Å². The molecule has 0 radical (unpaired) electrons. The Morgan fingerprint density at radius 2 is 2.00 bits per heavy atom. The van der Waals surface area contributed by atoms with Crippen molar-refractivity contribution in [1.29, 1.82) is 0 Å². The molecule has 2 atom stereocenters.